The molecule has 0 saturated carbocycles. The molecule has 0 amide bonds. The Morgan fingerprint density at radius 3 is 2.80 bits per heavy atom. The summed E-state index contributed by atoms with van der Waals surface area (Å²) in [5, 5.41) is 3.48. The molecule has 0 aliphatic rings. The van der Waals surface area contributed by atoms with Crippen molar-refractivity contribution >= 4 is 0 Å². The monoisotopic (exact) mass is 274 g/mol. The minimum Gasteiger partial charge on any atom is -0.334 e. The molecular weight excluding hydrogens is 252 g/mol. The third-order valence-corrected chi connectivity index (χ3v) is 3.41. The van der Waals surface area contributed by atoms with Crippen LogP contribution in [0.2, 0.25) is 0 Å². The van der Waals surface area contributed by atoms with Crippen molar-refractivity contribution in [3.8, 4) is 0 Å². The van der Waals surface area contributed by atoms with Gasteiger partial charge in [-0.2, -0.15) is 0 Å². The van der Waals surface area contributed by atoms with Gasteiger partial charge in [-0.1, -0.05) is 6.92 Å². The summed E-state index contributed by atoms with van der Waals surface area (Å²) in [5.74, 6) is 0.953. The number of imidazole rings is 1. The molecule has 5 nitrogen and oxygen atoms in total. The average molecular weight is 274 g/mol. The first-order chi connectivity index (χ1) is 9.67. The van der Waals surface area contributed by atoms with Crippen molar-refractivity contribution < 1.29 is 0 Å². The maximum absolute atomic E-state index is 11.9. The SMILES string of the molecule is CCCNC(c1ccn(C)c(=O)c1)c1nccn1CC. The molecule has 20 heavy (non-hydrogen) atoms. The summed E-state index contributed by atoms with van der Waals surface area (Å²) in [6.45, 7) is 5.97. The van der Waals surface area contributed by atoms with Crippen molar-refractivity contribution in [2.75, 3.05) is 6.54 Å². The van der Waals surface area contributed by atoms with Gasteiger partial charge in [-0.3, -0.25) is 4.79 Å². The predicted octanol–water partition coefficient (Wildman–Crippen LogP) is 1.69. The van der Waals surface area contributed by atoms with Crippen LogP contribution < -0.4 is 10.9 Å². The van der Waals surface area contributed by atoms with Crippen molar-refractivity contribution in [3.63, 3.8) is 0 Å². The number of nitrogens with zero attached hydrogens (tertiary/aromatic N) is 3. The Morgan fingerprint density at radius 1 is 1.35 bits per heavy atom. The first-order valence-corrected chi connectivity index (χ1v) is 7.08. The number of rotatable bonds is 6. The Labute approximate surface area is 119 Å². The average Bonchev–Trinajstić information content (AvgIpc) is 2.91. The van der Waals surface area contributed by atoms with Crippen LogP contribution in [0, 0.1) is 0 Å². The van der Waals surface area contributed by atoms with Crippen LogP contribution in [0.5, 0.6) is 0 Å². The van der Waals surface area contributed by atoms with Gasteiger partial charge in [0.25, 0.3) is 5.56 Å². The first kappa shape index (κ1) is 14.5. The lowest BCUT2D eigenvalue weighted by Gasteiger charge is -2.19. The second-order valence-electron chi connectivity index (χ2n) is 4.87. The van der Waals surface area contributed by atoms with E-state index in [1.165, 1.54) is 0 Å². The van der Waals surface area contributed by atoms with Crippen molar-refractivity contribution in [1.29, 1.82) is 0 Å². The maximum atomic E-state index is 11.9. The molecule has 0 fully saturated rings. The molecule has 0 bridgehead atoms. The number of hydrogen-bond donors (Lipinski definition) is 1. The Bertz CT molecular complexity index is 614. The standard InChI is InChI=1S/C15H22N4O/c1-4-7-16-14(15-17-8-10-19(15)5-2)12-6-9-18(3)13(20)11-12/h6,8-11,14,16H,4-5,7H2,1-3H3. The third kappa shape index (κ3) is 2.99. The number of hydrogen-bond acceptors (Lipinski definition) is 3. The van der Waals surface area contributed by atoms with Gasteiger partial charge in [0, 0.05) is 38.2 Å². The quantitative estimate of drug-likeness (QED) is 0.872. The van der Waals surface area contributed by atoms with E-state index in [1.807, 2.05) is 12.3 Å². The summed E-state index contributed by atoms with van der Waals surface area (Å²) in [5.41, 5.74) is 0.961. The highest BCUT2D eigenvalue weighted by atomic mass is 16.1. The van der Waals surface area contributed by atoms with Gasteiger partial charge in [-0.25, -0.2) is 4.98 Å². The number of aromatic nitrogens is 3. The number of pyridine rings is 1. The van der Waals surface area contributed by atoms with Crippen LogP contribution >= 0.6 is 0 Å². The minimum absolute atomic E-state index is 0.000373. The van der Waals surface area contributed by atoms with Crippen LogP contribution in [-0.2, 0) is 13.6 Å². The third-order valence-electron chi connectivity index (χ3n) is 3.41. The van der Waals surface area contributed by atoms with E-state index in [-0.39, 0.29) is 11.6 Å². The van der Waals surface area contributed by atoms with Crippen LogP contribution in [0.25, 0.3) is 0 Å². The van der Waals surface area contributed by atoms with Crippen LogP contribution in [0.1, 0.15) is 37.7 Å². The summed E-state index contributed by atoms with van der Waals surface area (Å²) in [6.07, 6.45) is 6.61. The fraction of sp³-hybridized carbons (Fsp3) is 0.467. The molecule has 0 aliphatic heterocycles. The van der Waals surface area contributed by atoms with E-state index >= 15 is 0 Å². The predicted molar refractivity (Wildman–Crippen MR) is 79.7 cm³/mol. The molecule has 1 unspecified atom stereocenters. The lowest BCUT2D eigenvalue weighted by atomic mass is 10.1. The molecule has 108 valence electrons. The Hall–Kier alpha value is -1.88. The Kier molecular flexibility index (Phi) is 4.74. The van der Waals surface area contributed by atoms with E-state index < -0.39 is 0 Å². The topological polar surface area (TPSA) is 51.9 Å². The summed E-state index contributed by atoms with van der Waals surface area (Å²) in [4.78, 5) is 16.3. The van der Waals surface area contributed by atoms with Gasteiger partial charge >= 0.3 is 0 Å². The highest BCUT2D eigenvalue weighted by Crippen LogP contribution is 2.19. The Morgan fingerprint density at radius 2 is 2.15 bits per heavy atom. The van der Waals surface area contributed by atoms with Gasteiger partial charge in [0.1, 0.15) is 5.82 Å². The molecule has 0 saturated heterocycles. The maximum Gasteiger partial charge on any atom is 0.250 e. The molecule has 2 aromatic heterocycles. The smallest absolute Gasteiger partial charge is 0.250 e. The van der Waals surface area contributed by atoms with Crippen LogP contribution in [0.4, 0.5) is 0 Å². The summed E-state index contributed by atoms with van der Waals surface area (Å²) >= 11 is 0. The lowest BCUT2D eigenvalue weighted by Crippen LogP contribution is -2.28. The van der Waals surface area contributed by atoms with Gasteiger partial charge in [-0.05, 0) is 31.5 Å². The summed E-state index contributed by atoms with van der Waals surface area (Å²) in [7, 11) is 1.76. The van der Waals surface area contributed by atoms with Crippen molar-refractivity contribution in [2.45, 2.75) is 32.9 Å². The van der Waals surface area contributed by atoms with Gasteiger partial charge in [0.05, 0.1) is 6.04 Å². The zero-order chi connectivity index (χ0) is 14.5. The second kappa shape index (κ2) is 6.52. The highest BCUT2D eigenvalue weighted by Gasteiger charge is 2.18. The molecule has 1 atom stereocenters. The highest BCUT2D eigenvalue weighted by molar-refractivity contribution is 5.23. The van der Waals surface area contributed by atoms with E-state index in [2.05, 4.69) is 28.7 Å². The van der Waals surface area contributed by atoms with Gasteiger partial charge < -0.3 is 14.5 Å². The molecule has 0 spiro atoms. The Balaban J connectivity index is 2.41. The molecule has 1 N–H and O–H groups in total. The largest absolute Gasteiger partial charge is 0.334 e. The van der Waals surface area contributed by atoms with E-state index in [4.69, 9.17) is 0 Å². The molecule has 0 aliphatic carbocycles. The van der Waals surface area contributed by atoms with Crippen molar-refractivity contribution in [2.24, 2.45) is 7.05 Å². The second-order valence-corrected chi connectivity index (χ2v) is 4.87. The van der Waals surface area contributed by atoms with Gasteiger partial charge in [0.2, 0.25) is 0 Å². The molecule has 5 heteroatoms. The van der Waals surface area contributed by atoms with Gasteiger partial charge in [-0.15, -0.1) is 0 Å². The molecule has 2 aromatic rings. The lowest BCUT2D eigenvalue weighted by molar-refractivity contribution is 0.540. The van der Waals surface area contributed by atoms with E-state index in [0.29, 0.717) is 0 Å². The van der Waals surface area contributed by atoms with Crippen LogP contribution in [0.3, 0.4) is 0 Å². The van der Waals surface area contributed by atoms with Gasteiger partial charge in [0.15, 0.2) is 0 Å². The number of aryl methyl sites for hydroxylation is 2. The zero-order valence-electron chi connectivity index (χ0n) is 12.3. The van der Waals surface area contributed by atoms with E-state index in [9.17, 15) is 4.79 Å². The fourth-order valence-electron chi connectivity index (χ4n) is 2.24. The van der Waals surface area contributed by atoms with E-state index in [1.54, 1.807) is 30.1 Å². The zero-order valence-corrected chi connectivity index (χ0v) is 12.3. The minimum atomic E-state index is -0.0428. The molecular formula is C15H22N4O. The molecule has 2 rings (SSSR count). The normalized spacial score (nSPS) is 12.6. The summed E-state index contributed by atoms with van der Waals surface area (Å²) in [6, 6.07) is 3.62. The summed E-state index contributed by atoms with van der Waals surface area (Å²) < 4.78 is 3.68. The van der Waals surface area contributed by atoms with Crippen molar-refractivity contribution in [3.05, 3.63) is 52.5 Å². The van der Waals surface area contributed by atoms with Crippen LogP contribution in [0.15, 0.2) is 35.5 Å². The van der Waals surface area contributed by atoms with Crippen LogP contribution in [-0.4, -0.2) is 20.7 Å². The first-order valence-electron chi connectivity index (χ1n) is 7.08. The fourth-order valence-corrected chi connectivity index (χ4v) is 2.24. The van der Waals surface area contributed by atoms with E-state index in [0.717, 1.165) is 30.9 Å². The molecule has 0 radical (unpaired) electrons. The molecule has 2 heterocycles. The van der Waals surface area contributed by atoms with Crippen molar-refractivity contribution in [1.82, 2.24) is 19.4 Å². The molecule has 0 aromatic carbocycles. The number of nitrogens with one attached hydrogen (secondary N) is 1.